The molecule has 0 atom stereocenters. The van der Waals surface area contributed by atoms with Gasteiger partial charge in [-0.15, -0.1) is 5.10 Å². The van der Waals surface area contributed by atoms with Gasteiger partial charge in [-0.05, 0) is 101 Å². The molecule has 2 N–H and O–H groups in total. The van der Waals surface area contributed by atoms with Crippen LogP contribution in [0.5, 0.6) is 11.9 Å². The molecule has 0 aliphatic carbocycles. The van der Waals surface area contributed by atoms with E-state index in [2.05, 4.69) is 63.4 Å². The van der Waals surface area contributed by atoms with Crippen molar-refractivity contribution in [3.8, 4) is 23.0 Å². The predicted molar refractivity (Wildman–Crippen MR) is 362 cm³/mol. The second kappa shape index (κ2) is 30.7. The minimum absolute atomic E-state index is 0.00623. The number of aromatic amines is 1. The molecule has 12 rings (SSSR count). The third kappa shape index (κ3) is 15.6. The van der Waals surface area contributed by atoms with E-state index in [-0.39, 0.29) is 33.6 Å². The van der Waals surface area contributed by atoms with Gasteiger partial charge in [-0.25, -0.2) is 40.7 Å². The summed E-state index contributed by atoms with van der Waals surface area (Å²) in [6.07, 6.45) is 5.61. The highest BCUT2D eigenvalue weighted by Gasteiger charge is 2.45. The van der Waals surface area contributed by atoms with Gasteiger partial charge in [0.05, 0.1) is 68.7 Å². The number of sulfone groups is 1. The Morgan fingerprint density at radius 2 is 1.38 bits per heavy atom. The predicted octanol–water partition coefficient (Wildman–Crippen LogP) is 9.13. The number of aromatic nitrogens is 8. The zero-order chi connectivity index (χ0) is 72.6. The molecule has 5 aromatic carbocycles. The number of hydrogen-bond acceptors (Lipinski definition) is 20. The van der Waals surface area contributed by atoms with E-state index in [1.807, 2.05) is 81.4 Å². The van der Waals surface area contributed by atoms with E-state index in [0.29, 0.717) is 90.9 Å². The van der Waals surface area contributed by atoms with Gasteiger partial charge in [-0.3, -0.25) is 28.6 Å². The van der Waals surface area contributed by atoms with Gasteiger partial charge in [0.15, 0.2) is 38.4 Å². The van der Waals surface area contributed by atoms with Crippen molar-refractivity contribution in [1.82, 2.24) is 38.7 Å². The van der Waals surface area contributed by atoms with Crippen LogP contribution >= 0.6 is 0 Å². The first-order valence-corrected chi connectivity index (χ1v) is 34.9. The average molecular weight is 1420 g/mol. The third-order valence-corrected chi connectivity index (χ3v) is 18.4. The number of ether oxygens (including phenoxy) is 4. The first-order chi connectivity index (χ1) is 47.5. The van der Waals surface area contributed by atoms with Gasteiger partial charge in [0.25, 0.3) is 26.3 Å². The summed E-state index contributed by atoms with van der Waals surface area (Å²) in [6.45, 7) is 17.6. The Morgan fingerprint density at radius 1 is 0.760 bits per heavy atom. The van der Waals surface area contributed by atoms with Crippen molar-refractivity contribution in [2.75, 3.05) is 44.5 Å². The van der Waals surface area contributed by atoms with Crippen LogP contribution in [0, 0.1) is 36.7 Å². The number of halogens is 3. The van der Waals surface area contributed by atoms with Crippen LogP contribution in [-0.2, 0) is 87.2 Å². The molecule has 0 spiro atoms. The fraction of sp³-hybridized carbons (Fsp3) is 0.333. The molecular weight excluding hydrogens is 1340 g/mol. The van der Waals surface area contributed by atoms with Crippen LogP contribution in [0.2, 0.25) is 0 Å². The number of nitrogens with zero attached hydrogens (tertiary/aromatic N) is 9. The number of fused-ring (bicyclic) bond motifs is 2. The first kappa shape index (κ1) is 73.7. The van der Waals surface area contributed by atoms with Crippen molar-refractivity contribution in [2.45, 2.75) is 110 Å². The number of ketones is 1. The second-order valence-electron chi connectivity index (χ2n) is 24.0. The smallest absolute Gasteiger partial charge is 0.356 e. The summed E-state index contributed by atoms with van der Waals surface area (Å²) in [7, 11) is -5.39. The number of esters is 2. The monoisotopic (exact) mass is 1420 g/mol. The van der Waals surface area contributed by atoms with Crippen LogP contribution in [0.15, 0.2) is 145 Å². The van der Waals surface area contributed by atoms with Crippen LogP contribution in [0.1, 0.15) is 109 Å². The maximum Gasteiger partial charge on any atom is 0.356 e. The minimum Gasteiger partial charge on any atom is -0.467 e. The van der Waals surface area contributed by atoms with Gasteiger partial charge >= 0.3 is 17.9 Å². The van der Waals surface area contributed by atoms with E-state index >= 15 is 0 Å². The number of anilines is 1. The zero-order valence-corrected chi connectivity index (χ0v) is 58.3. The molecule has 0 fully saturated rings. The van der Waals surface area contributed by atoms with Crippen molar-refractivity contribution < 1.29 is 73.0 Å². The molecule has 4 aromatic heterocycles. The van der Waals surface area contributed by atoms with Gasteiger partial charge in [0, 0.05) is 48.2 Å². The van der Waals surface area contributed by atoms with E-state index in [9.17, 15) is 54.0 Å². The molecule has 528 valence electrons. The van der Waals surface area contributed by atoms with Gasteiger partial charge in [-0.1, -0.05) is 109 Å². The van der Waals surface area contributed by atoms with Crippen LogP contribution in [0.4, 0.5) is 18.9 Å². The highest BCUT2D eigenvalue weighted by molar-refractivity contribution is 7.92. The minimum atomic E-state index is -4.58. The van der Waals surface area contributed by atoms with Crippen molar-refractivity contribution in [3.05, 3.63) is 204 Å². The molecule has 26 nitrogen and oxygen atoms in total. The Balaban J connectivity index is 0.000000156. The Kier molecular flexibility index (Phi) is 22.6. The van der Waals surface area contributed by atoms with Gasteiger partial charge in [-0.2, -0.15) is 17.9 Å². The summed E-state index contributed by atoms with van der Waals surface area (Å²) in [6, 6.07) is 29.3. The van der Waals surface area contributed by atoms with Crippen molar-refractivity contribution in [1.29, 1.82) is 0 Å². The Labute approximate surface area is 573 Å². The fourth-order valence-corrected chi connectivity index (χ4v) is 13.0. The van der Waals surface area contributed by atoms with Crippen molar-refractivity contribution in [2.24, 2.45) is 22.8 Å². The van der Waals surface area contributed by atoms with Gasteiger partial charge in [0.2, 0.25) is 5.88 Å². The fourth-order valence-electron chi connectivity index (χ4n) is 11.1. The zero-order valence-electron chi connectivity index (χ0n) is 56.6. The highest BCUT2D eigenvalue weighted by atomic mass is 32.2. The molecule has 9 aromatic rings. The van der Waals surface area contributed by atoms with E-state index in [0.717, 1.165) is 71.3 Å². The lowest BCUT2D eigenvalue weighted by atomic mass is 9.82. The number of para-hydroxylation sites is 1. The summed E-state index contributed by atoms with van der Waals surface area (Å²) >= 11 is 0. The van der Waals surface area contributed by atoms with Crippen LogP contribution < -0.4 is 25.3 Å². The Hall–Kier alpha value is -10.5. The number of benzene rings is 5. The highest BCUT2D eigenvalue weighted by Crippen LogP contribution is 2.42. The van der Waals surface area contributed by atoms with E-state index in [1.54, 1.807) is 27.9 Å². The lowest BCUT2D eigenvalue weighted by molar-refractivity contribution is -0.143. The molecule has 7 heterocycles. The number of aryl methyl sites for hydroxylation is 4. The number of carbonyl (C=O) groups is 3. The molecular formula is C69H74F3N11O15S2. The van der Waals surface area contributed by atoms with Crippen molar-refractivity contribution >= 4 is 60.3 Å². The number of nitrogens with one attached hydrogen (secondary N) is 2. The lowest BCUT2D eigenvalue weighted by Crippen LogP contribution is -2.29. The standard InChI is InChI=1S/C23H32N2O4.C18H17NO3.C16H17N3O5S.C12H8F3N5O3S/c1-7-16-13-15(3)14-17(8-2)18(16)19-20(26)24-9-11-28-12-10-25(24)21(19)29-22(27)23(4,5)6;1-2-21-17(20)16-13-18(22-19-16,14-9-5-3-6-10-14)15-11-7-4-8-12-15;1-9-10(15(20)11-8-17-19(2)16(11)21)4-5-13(25(3,22)23)14(9)12-6-7-24-18-12;1-23-12-16-5-8(15)10-17-11(18-20(10)12)24(21,22)19-9-6(13)3-2-4-7(9)14/h13-14H,7-12H2,1-6H3;3-12H,2,13H2,1H3;4-5,8,17H,6-7H2,1-3H3;2-5,19H,1H3. The molecule has 100 heavy (non-hydrogen) atoms. The average Bonchev–Trinajstić information content (AvgIpc) is 1.65. The SMILES string of the molecule is CCOC(=O)C1=NOC(c2ccccc2)(c2ccccc2)C1.CCc1cc(C)cc(CC)c1-c1c(OC(=O)C(C)(C)C)n2n(c1=O)CCOCC2.COc1ncc(F)c2nc(S(=O)(=O)Nc3c(F)cccc3F)nn12.Cc1c(C(=O)c2c[nH]n(C)c2=O)ccc(S(C)(=O)=O)c1C1=NOCC1. The number of H-pyrrole nitrogens is 1. The maximum atomic E-state index is 13.7. The molecule has 0 bridgehead atoms. The van der Waals surface area contributed by atoms with Crippen LogP contribution in [-0.4, -0.2) is 125 Å². The number of sulfonamides is 1. The maximum absolute atomic E-state index is 13.7. The van der Waals surface area contributed by atoms with E-state index in [4.69, 9.17) is 28.6 Å². The summed E-state index contributed by atoms with van der Waals surface area (Å²) in [4.78, 5) is 81.0. The Bertz CT molecular complexity index is 4920. The number of carbonyl (C=O) groups excluding carboxylic acids is 3. The molecule has 3 aliphatic rings. The molecule has 0 saturated heterocycles. The lowest BCUT2D eigenvalue weighted by Gasteiger charge is -2.27. The Morgan fingerprint density at radius 3 is 1.92 bits per heavy atom. The molecule has 0 saturated carbocycles. The normalized spacial score (nSPS) is 14.0. The van der Waals surface area contributed by atoms with E-state index in [1.165, 1.54) is 42.7 Å². The van der Waals surface area contributed by atoms with Gasteiger partial charge < -0.3 is 33.7 Å². The number of rotatable bonds is 16. The molecule has 0 radical (unpaired) electrons. The summed E-state index contributed by atoms with van der Waals surface area (Å²) < 4.78 is 118. The van der Waals surface area contributed by atoms with Crippen LogP contribution in [0.25, 0.3) is 16.8 Å². The first-order valence-electron chi connectivity index (χ1n) is 31.5. The molecule has 0 unspecified atom stereocenters. The van der Waals surface area contributed by atoms with Gasteiger partial charge in [0.1, 0.15) is 35.1 Å². The molecule has 3 aliphatic heterocycles. The number of oxime groups is 2. The van der Waals surface area contributed by atoms with Crippen LogP contribution in [0.3, 0.4) is 0 Å². The number of hydrogen-bond donors (Lipinski definition) is 2. The third-order valence-electron chi connectivity index (χ3n) is 16.1. The van der Waals surface area contributed by atoms with E-state index < -0.39 is 82.1 Å². The quantitative estimate of drug-likeness (QED) is 0.0672. The number of methoxy groups -OCH3 is 1. The summed E-state index contributed by atoms with van der Waals surface area (Å²) in [5.41, 5.74) is 5.20. The summed E-state index contributed by atoms with van der Waals surface area (Å²) in [5.74, 6) is -4.12. The molecule has 0 amide bonds. The topological polar surface area (TPSA) is 319 Å². The second-order valence-corrected chi connectivity index (χ2v) is 27.6. The molecule has 31 heteroatoms. The van der Waals surface area contributed by atoms with Crippen molar-refractivity contribution in [3.63, 3.8) is 0 Å². The summed E-state index contributed by atoms with van der Waals surface area (Å²) in [5, 5.41) is 13.2. The largest absolute Gasteiger partial charge is 0.467 e.